The highest BCUT2D eigenvalue weighted by atomic mass is 19.4. The van der Waals surface area contributed by atoms with Gasteiger partial charge in [0.25, 0.3) is 17.7 Å². The molecule has 0 aliphatic heterocycles. The van der Waals surface area contributed by atoms with E-state index in [1.807, 2.05) is 13.0 Å². The Labute approximate surface area is 181 Å². The Bertz CT molecular complexity index is 1180. The number of halogens is 3. The predicted molar refractivity (Wildman–Crippen MR) is 112 cm³/mol. The molecule has 0 unspecified atom stereocenters. The smallest absolute Gasteiger partial charge is 0.322 e. The second-order valence-corrected chi connectivity index (χ2v) is 6.89. The average molecular weight is 441 g/mol. The SMILES string of the molecule is Cc1cccc(C(=O)Nc2cccc(C(=O)NNC(=O)c3cccc(C(F)(F)F)c3)c2)c1. The van der Waals surface area contributed by atoms with Crippen LogP contribution in [0.15, 0.2) is 72.8 Å². The van der Waals surface area contributed by atoms with Crippen molar-refractivity contribution < 1.29 is 27.6 Å². The summed E-state index contributed by atoms with van der Waals surface area (Å²) in [5.74, 6) is -1.98. The van der Waals surface area contributed by atoms with Gasteiger partial charge in [0.1, 0.15) is 0 Å². The molecule has 3 N–H and O–H groups in total. The van der Waals surface area contributed by atoms with E-state index in [2.05, 4.69) is 16.2 Å². The van der Waals surface area contributed by atoms with Gasteiger partial charge in [-0.25, -0.2) is 0 Å². The number of hydrogen-bond donors (Lipinski definition) is 3. The van der Waals surface area contributed by atoms with Gasteiger partial charge in [0, 0.05) is 22.4 Å². The summed E-state index contributed by atoms with van der Waals surface area (Å²) in [6, 6.07) is 16.8. The predicted octanol–water partition coefficient (Wildman–Crippen LogP) is 4.34. The summed E-state index contributed by atoms with van der Waals surface area (Å²) in [6.45, 7) is 1.86. The number of hydrazine groups is 1. The lowest BCUT2D eigenvalue weighted by Crippen LogP contribution is -2.41. The molecular formula is C23H18F3N3O3. The second kappa shape index (κ2) is 9.34. The summed E-state index contributed by atoms with van der Waals surface area (Å²) in [5.41, 5.74) is 4.82. The number of carbonyl (C=O) groups is 3. The van der Waals surface area contributed by atoms with E-state index in [1.54, 1.807) is 24.3 Å². The standard InChI is InChI=1S/C23H18F3N3O3/c1-14-5-2-6-15(11-14)20(30)27-19-10-4-8-17(13-19)22(32)29-28-21(31)16-7-3-9-18(12-16)23(24,25)26/h2-13H,1H3,(H,27,30)(H,28,31)(H,29,32). The number of rotatable bonds is 4. The van der Waals surface area contributed by atoms with E-state index < -0.39 is 23.6 Å². The van der Waals surface area contributed by atoms with Crippen LogP contribution in [0.25, 0.3) is 0 Å². The number of benzene rings is 3. The van der Waals surface area contributed by atoms with Crippen LogP contribution >= 0.6 is 0 Å². The number of anilines is 1. The number of aryl methyl sites for hydroxylation is 1. The molecule has 3 amide bonds. The minimum Gasteiger partial charge on any atom is -0.322 e. The number of carbonyl (C=O) groups excluding carboxylic acids is 3. The molecule has 32 heavy (non-hydrogen) atoms. The molecule has 0 radical (unpaired) electrons. The zero-order valence-corrected chi connectivity index (χ0v) is 16.8. The van der Waals surface area contributed by atoms with Crippen molar-refractivity contribution in [3.05, 3.63) is 101 Å². The fourth-order valence-corrected chi connectivity index (χ4v) is 2.82. The summed E-state index contributed by atoms with van der Waals surface area (Å²) >= 11 is 0. The molecule has 3 rings (SSSR count). The van der Waals surface area contributed by atoms with Crippen LogP contribution in [0, 0.1) is 6.92 Å². The van der Waals surface area contributed by atoms with Crippen LogP contribution in [0.1, 0.15) is 42.2 Å². The number of alkyl halides is 3. The number of nitrogens with one attached hydrogen (secondary N) is 3. The fraction of sp³-hybridized carbons (Fsp3) is 0.0870. The van der Waals surface area contributed by atoms with E-state index in [9.17, 15) is 27.6 Å². The summed E-state index contributed by atoms with van der Waals surface area (Å²) in [4.78, 5) is 36.8. The highest BCUT2D eigenvalue weighted by Crippen LogP contribution is 2.29. The van der Waals surface area contributed by atoms with Gasteiger partial charge in [0.15, 0.2) is 0 Å². The Kier molecular flexibility index (Phi) is 6.58. The highest BCUT2D eigenvalue weighted by Gasteiger charge is 2.30. The van der Waals surface area contributed by atoms with Crippen molar-refractivity contribution in [2.45, 2.75) is 13.1 Å². The van der Waals surface area contributed by atoms with Crippen molar-refractivity contribution in [2.75, 3.05) is 5.32 Å². The van der Waals surface area contributed by atoms with Crippen LogP contribution in [-0.4, -0.2) is 17.7 Å². The lowest BCUT2D eigenvalue weighted by atomic mass is 10.1. The van der Waals surface area contributed by atoms with E-state index in [0.717, 1.165) is 17.7 Å². The molecule has 0 aromatic heterocycles. The molecule has 0 heterocycles. The van der Waals surface area contributed by atoms with Crippen LogP contribution in [0.5, 0.6) is 0 Å². The monoisotopic (exact) mass is 441 g/mol. The van der Waals surface area contributed by atoms with E-state index in [4.69, 9.17) is 0 Å². The van der Waals surface area contributed by atoms with Crippen molar-refractivity contribution >= 4 is 23.4 Å². The van der Waals surface area contributed by atoms with Gasteiger partial charge in [0.2, 0.25) is 0 Å². The normalized spacial score (nSPS) is 10.9. The molecule has 0 aliphatic rings. The third kappa shape index (κ3) is 5.72. The zero-order chi connectivity index (χ0) is 23.3. The zero-order valence-electron chi connectivity index (χ0n) is 16.8. The first kappa shape index (κ1) is 22.5. The summed E-state index contributed by atoms with van der Waals surface area (Å²) in [7, 11) is 0. The summed E-state index contributed by atoms with van der Waals surface area (Å²) < 4.78 is 38.4. The van der Waals surface area contributed by atoms with Crippen molar-refractivity contribution in [3.63, 3.8) is 0 Å². The molecule has 0 saturated carbocycles. The molecule has 0 atom stereocenters. The summed E-state index contributed by atoms with van der Waals surface area (Å²) in [6.07, 6.45) is -4.59. The topological polar surface area (TPSA) is 87.3 Å². The van der Waals surface area contributed by atoms with E-state index >= 15 is 0 Å². The molecule has 6 nitrogen and oxygen atoms in total. The first-order valence-corrected chi connectivity index (χ1v) is 9.39. The van der Waals surface area contributed by atoms with E-state index in [0.29, 0.717) is 17.3 Å². The van der Waals surface area contributed by atoms with Gasteiger partial charge in [-0.1, -0.05) is 29.8 Å². The van der Waals surface area contributed by atoms with Gasteiger partial charge in [-0.3, -0.25) is 25.2 Å². The Morgan fingerprint density at radius 2 is 1.22 bits per heavy atom. The maximum atomic E-state index is 12.8. The third-order valence-corrected chi connectivity index (χ3v) is 4.40. The Morgan fingerprint density at radius 1 is 0.688 bits per heavy atom. The van der Waals surface area contributed by atoms with Crippen molar-refractivity contribution in [1.29, 1.82) is 0 Å². The van der Waals surface area contributed by atoms with Crippen LogP contribution in [0.2, 0.25) is 0 Å². The third-order valence-electron chi connectivity index (χ3n) is 4.40. The van der Waals surface area contributed by atoms with Gasteiger partial charge in [-0.15, -0.1) is 0 Å². The van der Waals surface area contributed by atoms with Gasteiger partial charge in [-0.05, 0) is 55.5 Å². The van der Waals surface area contributed by atoms with Crippen molar-refractivity contribution in [2.24, 2.45) is 0 Å². The highest BCUT2D eigenvalue weighted by molar-refractivity contribution is 6.05. The maximum absolute atomic E-state index is 12.8. The molecule has 3 aromatic rings. The minimum absolute atomic E-state index is 0.122. The number of amides is 3. The Hall–Kier alpha value is -4.14. The molecule has 3 aromatic carbocycles. The Balaban J connectivity index is 1.64. The van der Waals surface area contributed by atoms with Crippen LogP contribution in [-0.2, 0) is 6.18 Å². The molecule has 0 spiro atoms. The first-order valence-electron chi connectivity index (χ1n) is 9.39. The summed E-state index contributed by atoms with van der Waals surface area (Å²) in [5, 5.41) is 2.68. The van der Waals surface area contributed by atoms with E-state index in [1.165, 1.54) is 24.3 Å². The molecule has 0 aliphatic carbocycles. The molecule has 0 fully saturated rings. The number of hydrogen-bond acceptors (Lipinski definition) is 3. The fourth-order valence-electron chi connectivity index (χ4n) is 2.82. The molecule has 9 heteroatoms. The lowest BCUT2D eigenvalue weighted by Gasteiger charge is -2.11. The second-order valence-electron chi connectivity index (χ2n) is 6.89. The lowest BCUT2D eigenvalue weighted by molar-refractivity contribution is -0.137. The molecule has 0 saturated heterocycles. The molecule has 164 valence electrons. The quantitative estimate of drug-likeness (QED) is 0.527. The molecular weight excluding hydrogens is 423 g/mol. The largest absolute Gasteiger partial charge is 0.416 e. The van der Waals surface area contributed by atoms with Crippen LogP contribution in [0.4, 0.5) is 18.9 Å². The van der Waals surface area contributed by atoms with Crippen LogP contribution < -0.4 is 16.2 Å². The minimum atomic E-state index is -4.59. The average Bonchev–Trinajstić information content (AvgIpc) is 2.77. The van der Waals surface area contributed by atoms with Crippen molar-refractivity contribution in [1.82, 2.24) is 10.9 Å². The molecule has 0 bridgehead atoms. The van der Waals surface area contributed by atoms with Gasteiger partial charge in [-0.2, -0.15) is 13.2 Å². The van der Waals surface area contributed by atoms with Crippen molar-refractivity contribution in [3.8, 4) is 0 Å². The van der Waals surface area contributed by atoms with Crippen LogP contribution in [0.3, 0.4) is 0 Å². The van der Waals surface area contributed by atoms with Gasteiger partial charge < -0.3 is 5.32 Å². The van der Waals surface area contributed by atoms with Gasteiger partial charge in [0.05, 0.1) is 5.56 Å². The van der Waals surface area contributed by atoms with E-state index in [-0.39, 0.29) is 17.0 Å². The first-order chi connectivity index (χ1) is 15.1. The van der Waals surface area contributed by atoms with Gasteiger partial charge >= 0.3 is 6.18 Å². The Morgan fingerprint density at radius 3 is 1.81 bits per heavy atom. The maximum Gasteiger partial charge on any atom is 0.416 e.